The summed E-state index contributed by atoms with van der Waals surface area (Å²) >= 11 is 0. The van der Waals surface area contributed by atoms with E-state index in [4.69, 9.17) is 4.74 Å². The highest BCUT2D eigenvalue weighted by molar-refractivity contribution is 6.06. The summed E-state index contributed by atoms with van der Waals surface area (Å²) in [7, 11) is 0. The van der Waals surface area contributed by atoms with E-state index in [1.54, 1.807) is 30.3 Å². The van der Waals surface area contributed by atoms with Crippen LogP contribution in [-0.4, -0.2) is 12.5 Å². The highest BCUT2D eigenvalue weighted by Crippen LogP contribution is 2.30. The van der Waals surface area contributed by atoms with Crippen LogP contribution in [0.15, 0.2) is 60.3 Å². The minimum Gasteiger partial charge on any atom is -0.492 e. The molecule has 0 radical (unpaired) electrons. The van der Waals surface area contributed by atoms with Gasteiger partial charge in [-0.1, -0.05) is 18.2 Å². The average molecular weight is 375 g/mol. The lowest BCUT2D eigenvalue weighted by Crippen LogP contribution is -2.15. The molecule has 1 amide bonds. The van der Waals surface area contributed by atoms with Gasteiger partial charge in [-0.3, -0.25) is 4.79 Å². The molecular weight excluding hydrogens is 359 g/mol. The van der Waals surface area contributed by atoms with Gasteiger partial charge in [0.1, 0.15) is 17.4 Å². The Hall–Kier alpha value is -3.47. The van der Waals surface area contributed by atoms with Crippen LogP contribution in [0.5, 0.6) is 5.75 Å². The highest BCUT2D eigenvalue weighted by atomic mass is 19.4. The van der Waals surface area contributed by atoms with Crippen molar-refractivity contribution in [2.24, 2.45) is 0 Å². The number of nitriles is 1. The molecule has 5 nitrogen and oxygen atoms in total. The van der Waals surface area contributed by atoms with Gasteiger partial charge < -0.3 is 15.4 Å². The third-order valence-corrected chi connectivity index (χ3v) is 3.37. The molecule has 0 bridgehead atoms. The fourth-order valence-corrected chi connectivity index (χ4v) is 2.14. The molecule has 0 saturated heterocycles. The number of hydrogen-bond donors (Lipinski definition) is 2. The zero-order valence-corrected chi connectivity index (χ0v) is 14.3. The maximum absolute atomic E-state index is 12.7. The van der Waals surface area contributed by atoms with Crippen molar-refractivity contribution in [1.29, 1.82) is 5.26 Å². The Morgan fingerprint density at radius 3 is 2.63 bits per heavy atom. The van der Waals surface area contributed by atoms with E-state index >= 15 is 0 Å². The predicted molar refractivity (Wildman–Crippen MR) is 95.0 cm³/mol. The third-order valence-electron chi connectivity index (χ3n) is 3.37. The number of ether oxygens (including phenoxy) is 1. The van der Waals surface area contributed by atoms with Gasteiger partial charge in [0.25, 0.3) is 5.91 Å². The fourth-order valence-electron chi connectivity index (χ4n) is 2.14. The van der Waals surface area contributed by atoms with Gasteiger partial charge in [-0.05, 0) is 37.3 Å². The first-order valence-electron chi connectivity index (χ1n) is 7.92. The van der Waals surface area contributed by atoms with Crippen LogP contribution >= 0.6 is 0 Å². The number of benzene rings is 2. The molecule has 0 saturated carbocycles. The van der Waals surface area contributed by atoms with Crippen LogP contribution in [0.3, 0.4) is 0 Å². The van der Waals surface area contributed by atoms with Crippen molar-refractivity contribution in [2.75, 3.05) is 17.2 Å². The van der Waals surface area contributed by atoms with E-state index in [9.17, 15) is 23.2 Å². The summed E-state index contributed by atoms with van der Waals surface area (Å²) in [5, 5.41) is 14.3. The lowest BCUT2D eigenvalue weighted by Gasteiger charge is -2.11. The number of para-hydroxylation sites is 2. The van der Waals surface area contributed by atoms with E-state index in [2.05, 4.69) is 10.6 Å². The zero-order valence-electron chi connectivity index (χ0n) is 14.3. The summed E-state index contributed by atoms with van der Waals surface area (Å²) in [6.45, 7) is 2.25. The van der Waals surface area contributed by atoms with Crippen molar-refractivity contribution in [1.82, 2.24) is 0 Å². The van der Waals surface area contributed by atoms with Crippen LogP contribution in [0.1, 0.15) is 12.5 Å². The second-order valence-corrected chi connectivity index (χ2v) is 5.28. The Kier molecular flexibility index (Phi) is 6.44. The molecule has 0 aliphatic heterocycles. The van der Waals surface area contributed by atoms with E-state index in [0.29, 0.717) is 18.0 Å². The fraction of sp³-hybridized carbons (Fsp3) is 0.158. The summed E-state index contributed by atoms with van der Waals surface area (Å²) in [6, 6.07) is 12.8. The summed E-state index contributed by atoms with van der Waals surface area (Å²) in [5.41, 5.74) is -0.727. The van der Waals surface area contributed by atoms with Crippen LogP contribution < -0.4 is 15.4 Å². The van der Waals surface area contributed by atoms with Crippen molar-refractivity contribution in [3.05, 3.63) is 65.9 Å². The van der Waals surface area contributed by atoms with E-state index in [-0.39, 0.29) is 11.3 Å². The van der Waals surface area contributed by atoms with Crippen molar-refractivity contribution >= 4 is 17.3 Å². The average Bonchev–Trinajstić information content (AvgIpc) is 2.63. The molecule has 0 unspecified atom stereocenters. The number of rotatable bonds is 6. The van der Waals surface area contributed by atoms with Crippen LogP contribution in [0, 0.1) is 11.3 Å². The number of amides is 1. The standard InChI is InChI=1S/C19H16F3N3O2/c1-2-27-17-9-4-3-8-16(17)24-12-13(11-23)18(26)25-15-7-5-6-14(10-15)19(20,21)22/h3-10,12,24H,2H2,1H3,(H,25,26)/b13-12-. The molecule has 0 aliphatic rings. The van der Waals surface area contributed by atoms with Gasteiger partial charge in [-0.15, -0.1) is 0 Å². The maximum atomic E-state index is 12.7. The zero-order chi connectivity index (χ0) is 19.9. The summed E-state index contributed by atoms with van der Waals surface area (Å²) in [4.78, 5) is 12.2. The number of nitrogens with one attached hydrogen (secondary N) is 2. The van der Waals surface area contributed by atoms with Crippen molar-refractivity contribution in [2.45, 2.75) is 13.1 Å². The third kappa shape index (κ3) is 5.51. The Morgan fingerprint density at radius 2 is 1.96 bits per heavy atom. The molecule has 0 fully saturated rings. The number of hydrogen-bond acceptors (Lipinski definition) is 4. The molecule has 0 aliphatic carbocycles. The lowest BCUT2D eigenvalue weighted by atomic mass is 10.2. The number of carbonyl (C=O) groups excluding carboxylic acids is 1. The van der Waals surface area contributed by atoms with Crippen LogP contribution in [0.4, 0.5) is 24.5 Å². The molecule has 2 aromatic carbocycles. The van der Waals surface area contributed by atoms with E-state index in [1.165, 1.54) is 18.3 Å². The maximum Gasteiger partial charge on any atom is 0.416 e. The summed E-state index contributed by atoms with van der Waals surface area (Å²) in [5.74, 6) is -0.301. The summed E-state index contributed by atoms with van der Waals surface area (Å²) in [6.07, 6.45) is -3.36. The second-order valence-electron chi connectivity index (χ2n) is 5.28. The van der Waals surface area contributed by atoms with E-state index in [0.717, 1.165) is 12.1 Å². The Labute approximate surface area is 154 Å². The molecule has 8 heteroatoms. The Bertz CT molecular complexity index is 886. The van der Waals surface area contributed by atoms with Gasteiger partial charge in [-0.25, -0.2) is 0 Å². The van der Waals surface area contributed by atoms with Gasteiger partial charge in [0.15, 0.2) is 0 Å². The first kappa shape index (κ1) is 19.8. The Balaban J connectivity index is 2.15. The molecule has 0 atom stereocenters. The van der Waals surface area contributed by atoms with Gasteiger partial charge in [0.05, 0.1) is 17.9 Å². The first-order valence-corrected chi connectivity index (χ1v) is 7.92. The SMILES string of the molecule is CCOc1ccccc1N/C=C(/C#N)C(=O)Nc1cccc(C(F)(F)F)c1. The molecule has 0 aromatic heterocycles. The second kappa shape index (κ2) is 8.76. The molecule has 2 aromatic rings. The van der Waals surface area contributed by atoms with Crippen LogP contribution in [0.2, 0.25) is 0 Å². The van der Waals surface area contributed by atoms with Crippen molar-refractivity contribution in [3.8, 4) is 11.8 Å². The van der Waals surface area contributed by atoms with Gasteiger partial charge in [0, 0.05) is 11.9 Å². The Morgan fingerprint density at radius 1 is 1.22 bits per heavy atom. The van der Waals surface area contributed by atoms with Gasteiger partial charge >= 0.3 is 6.18 Å². The molecule has 0 spiro atoms. The molecule has 2 rings (SSSR count). The van der Waals surface area contributed by atoms with Gasteiger partial charge in [0.2, 0.25) is 0 Å². The predicted octanol–water partition coefficient (Wildman–Crippen LogP) is 4.56. The quantitative estimate of drug-likeness (QED) is 0.573. The molecule has 140 valence electrons. The van der Waals surface area contributed by atoms with Gasteiger partial charge in [-0.2, -0.15) is 18.4 Å². The smallest absolute Gasteiger partial charge is 0.416 e. The van der Waals surface area contributed by atoms with E-state index in [1.807, 2.05) is 6.92 Å². The van der Waals surface area contributed by atoms with Crippen molar-refractivity contribution < 1.29 is 22.7 Å². The largest absolute Gasteiger partial charge is 0.492 e. The molecule has 0 heterocycles. The minimum atomic E-state index is -4.53. The lowest BCUT2D eigenvalue weighted by molar-refractivity contribution is -0.137. The number of alkyl halides is 3. The first-order chi connectivity index (χ1) is 12.8. The number of anilines is 2. The summed E-state index contributed by atoms with van der Waals surface area (Å²) < 4.78 is 43.6. The number of nitrogens with zero attached hydrogens (tertiary/aromatic N) is 1. The monoisotopic (exact) mass is 375 g/mol. The molecule has 27 heavy (non-hydrogen) atoms. The highest BCUT2D eigenvalue weighted by Gasteiger charge is 2.30. The molecular formula is C19H16F3N3O2. The topological polar surface area (TPSA) is 74.1 Å². The van der Waals surface area contributed by atoms with E-state index < -0.39 is 17.6 Å². The molecule has 2 N–H and O–H groups in total. The number of halogens is 3. The minimum absolute atomic E-state index is 0.0642. The van der Waals surface area contributed by atoms with Crippen LogP contribution in [-0.2, 0) is 11.0 Å². The van der Waals surface area contributed by atoms with Crippen LogP contribution in [0.25, 0.3) is 0 Å². The van der Waals surface area contributed by atoms with Crippen molar-refractivity contribution in [3.63, 3.8) is 0 Å². The normalized spacial score (nSPS) is 11.4. The number of carbonyl (C=O) groups is 1.